The molecule has 2 fully saturated rings. The van der Waals surface area contributed by atoms with E-state index in [1.54, 1.807) is 0 Å². The fourth-order valence-electron chi connectivity index (χ4n) is 3.80. The Kier molecular flexibility index (Phi) is 10.2. The van der Waals surface area contributed by atoms with E-state index in [4.69, 9.17) is 4.74 Å². The second-order valence-corrected chi connectivity index (χ2v) is 9.33. The molecule has 0 saturated carbocycles. The lowest BCUT2D eigenvalue weighted by atomic mass is 9.99. The molecule has 0 radical (unpaired) electrons. The van der Waals surface area contributed by atoms with Crippen molar-refractivity contribution in [3.63, 3.8) is 0 Å². The first-order chi connectivity index (χ1) is 12.8. The standard InChI is InChI=1S/C19H32N4OS2.HI/c1-20-18(22-15-19(25-2)7-11-24-12-8-19)21-14-16(17-6-5-13-26-17)23-9-3-4-10-23;/h5-6,13,16H,3-4,7-12,14-15H2,1-2H3,(H2,20,21,22);1H. The van der Waals surface area contributed by atoms with Crippen LogP contribution in [0.2, 0.25) is 0 Å². The monoisotopic (exact) mass is 524 g/mol. The van der Waals surface area contributed by atoms with E-state index in [1.807, 2.05) is 30.1 Å². The van der Waals surface area contributed by atoms with Crippen molar-refractivity contribution in [1.29, 1.82) is 0 Å². The Morgan fingerprint density at radius 2 is 2.07 bits per heavy atom. The number of nitrogens with zero attached hydrogens (tertiary/aromatic N) is 2. The number of hydrogen-bond acceptors (Lipinski definition) is 5. The summed E-state index contributed by atoms with van der Waals surface area (Å²) in [6.45, 7) is 5.96. The van der Waals surface area contributed by atoms with E-state index in [1.165, 1.54) is 30.8 Å². The van der Waals surface area contributed by atoms with Gasteiger partial charge in [0.2, 0.25) is 0 Å². The van der Waals surface area contributed by atoms with E-state index in [9.17, 15) is 0 Å². The maximum Gasteiger partial charge on any atom is 0.191 e. The van der Waals surface area contributed by atoms with Gasteiger partial charge in [-0.1, -0.05) is 6.07 Å². The van der Waals surface area contributed by atoms with Crippen LogP contribution in [-0.2, 0) is 4.74 Å². The number of guanidine groups is 1. The van der Waals surface area contributed by atoms with Crippen molar-refractivity contribution in [2.75, 3.05) is 52.7 Å². The molecule has 154 valence electrons. The molecule has 0 amide bonds. The Labute approximate surface area is 189 Å². The Hall–Kier alpha value is -0.0300. The van der Waals surface area contributed by atoms with Gasteiger partial charge in [-0.15, -0.1) is 35.3 Å². The molecule has 0 aromatic carbocycles. The molecule has 1 aromatic heterocycles. The van der Waals surface area contributed by atoms with Crippen LogP contribution in [0.15, 0.2) is 22.5 Å². The van der Waals surface area contributed by atoms with Crippen molar-refractivity contribution in [2.45, 2.75) is 36.5 Å². The van der Waals surface area contributed by atoms with Crippen LogP contribution >= 0.6 is 47.1 Å². The average molecular weight is 525 g/mol. The molecule has 5 nitrogen and oxygen atoms in total. The third kappa shape index (κ3) is 6.48. The van der Waals surface area contributed by atoms with E-state index >= 15 is 0 Å². The van der Waals surface area contributed by atoms with Gasteiger partial charge in [-0.2, -0.15) is 11.8 Å². The summed E-state index contributed by atoms with van der Waals surface area (Å²) < 4.78 is 5.81. The van der Waals surface area contributed by atoms with Gasteiger partial charge in [-0.05, 0) is 56.5 Å². The van der Waals surface area contributed by atoms with Crippen LogP contribution in [0.5, 0.6) is 0 Å². The maximum absolute atomic E-state index is 5.55. The highest BCUT2D eigenvalue weighted by molar-refractivity contribution is 14.0. The van der Waals surface area contributed by atoms with Crippen LogP contribution in [0.25, 0.3) is 0 Å². The highest BCUT2D eigenvalue weighted by Gasteiger charge is 2.32. The minimum Gasteiger partial charge on any atom is -0.381 e. The number of thiophene rings is 1. The summed E-state index contributed by atoms with van der Waals surface area (Å²) in [6.07, 6.45) is 7.04. The first kappa shape index (κ1) is 23.3. The zero-order valence-corrected chi connectivity index (χ0v) is 20.4. The molecule has 1 aromatic rings. The molecule has 2 N–H and O–H groups in total. The minimum absolute atomic E-state index is 0. The molecule has 1 atom stereocenters. The van der Waals surface area contributed by atoms with Crippen molar-refractivity contribution >= 4 is 53.0 Å². The van der Waals surface area contributed by atoms with Gasteiger partial charge < -0.3 is 15.4 Å². The first-order valence-electron chi connectivity index (χ1n) is 9.61. The van der Waals surface area contributed by atoms with Gasteiger partial charge in [0, 0.05) is 43.0 Å². The second kappa shape index (κ2) is 11.8. The number of rotatable bonds is 7. The van der Waals surface area contributed by atoms with Gasteiger partial charge in [-0.3, -0.25) is 9.89 Å². The predicted molar refractivity (Wildman–Crippen MR) is 129 cm³/mol. The van der Waals surface area contributed by atoms with E-state index in [0.717, 1.165) is 45.1 Å². The zero-order chi connectivity index (χ0) is 18.2. The molecule has 1 unspecified atom stereocenters. The van der Waals surface area contributed by atoms with Crippen LogP contribution in [-0.4, -0.2) is 68.3 Å². The smallest absolute Gasteiger partial charge is 0.191 e. The quantitative estimate of drug-likeness (QED) is 0.325. The maximum atomic E-state index is 5.55. The van der Waals surface area contributed by atoms with Crippen LogP contribution < -0.4 is 10.6 Å². The van der Waals surface area contributed by atoms with Crippen LogP contribution in [0.1, 0.15) is 36.6 Å². The summed E-state index contributed by atoms with van der Waals surface area (Å²) in [5.41, 5.74) is 0. The van der Waals surface area contributed by atoms with Crippen LogP contribution in [0, 0.1) is 0 Å². The fourth-order valence-corrected chi connectivity index (χ4v) is 5.45. The second-order valence-electron chi connectivity index (χ2n) is 7.08. The van der Waals surface area contributed by atoms with E-state index in [0.29, 0.717) is 6.04 Å². The predicted octanol–water partition coefficient (Wildman–Crippen LogP) is 3.58. The number of hydrogen-bond donors (Lipinski definition) is 2. The molecule has 27 heavy (non-hydrogen) atoms. The topological polar surface area (TPSA) is 48.9 Å². The highest BCUT2D eigenvalue weighted by Crippen LogP contribution is 2.33. The molecule has 3 heterocycles. The largest absolute Gasteiger partial charge is 0.381 e. The number of ether oxygens (including phenoxy) is 1. The number of aliphatic imine (C=N–C) groups is 1. The molecule has 0 spiro atoms. The first-order valence-corrected chi connectivity index (χ1v) is 11.7. The molecular formula is C19H33IN4OS2. The number of likely N-dealkylation sites (tertiary alicyclic amines) is 1. The van der Waals surface area contributed by atoms with Gasteiger partial charge in [0.15, 0.2) is 5.96 Å². The van der Waals surface area contributed by atoms with Gasteiger partial charge in [0.25, 0.3) is 0 Å². The Morgan fingerprint density at radius 1 is 1.33 bits per heavy atom. The average Bonchev–Trinajstić information content (AvgIpc) is 3.40. The normalized spacial score (nSPS) is 21.5. The summed E-state index contributed by atoms with van der Waals surface area (Å²) in [6, 6.07) is 4.86. The van der Waals surface area contributed by atoms with Crippen molar-refractivity contribution < 1.29 is 4.74 Å². The van der Waals surface area contributed by atoms with Gasteiger partial charge >= 0.3 is 0 Å². The molecule has 0 aliphatic carbocycles. The Morgan fingerprint density at radius 3 is 2.67 bits per heavy atom. The van der Waals surface area contributed by atoms with Gasteiger partial charge in [0.05, 0.1) is 6.04 Å². The van der Waals surface area contributed by atoms with Crippen molar-refractivity contribution in [3.05, 3.63) is 22.4 Å². The van der Waals surface area contributed by atoms with Crippen LogP contribution in [0.4, 0.5) is 0 Å². The van der Waals surface area contributed by atoms with E-state index in [-0.39, 0.29) is 28.7 Å². The molecule has 8 heteroatoms. The molecular weight excluding hydrogens is 491 g/mol. The summed E-state index contributed by atoms with van der Waals surface area (Å²) in [5, 5.41) is 9.33. The summed E-state index contributed by atoms with van der Waals surface area (Å²) in [5.74, 6) is 0.908. The van der Waals surface area contributed by atoms with Crippen molar-refractivity contribution in [3.8, 4) is 0 Å². The fraction of sp³-hybridized carbons (Fsp3) is 0.737. The third-order valence-electron chi connectivity index (χ3n) is 5.55. The number of thioether (sulfide) groups is 1. The van der Waals surface area contributed by atoms with Crippen LogP contribution in [0.3, 0.4) is 0 Å². The molecule has 2 saturated heterocycles. The lowest BCUT2D eigenvalue weighted by molar-refractivity contribution is 0.0782. The van der Waals surface area contributed by atoms with Crippen molar-refractivity contribution in [2.24, 2.45) is 4.99 Å². The zero-order valence-electron chi connectivity index (χ0n) is 16.4. The number of halogens is 1. The lowest BCUT2D eigenvalue weighted by Crippen LogP contribution is -2.49. The lowest BCUT2D eigenvalue weighted by Gasteiger charge is -2.36. The third-order valence-corrected chi connectivity index (χ3v) is 7.95. The summed E-state index contributed by atoms with van der Waals surface area (Å²) in [4.78, 5) is 8.51. The molecule has 0 bridgehead atoms. The number of nitrogens with one attached hydrogen (secondary N) is 2. The highest BCUT2D eigenvalue weighted by atomic mass is 127. The molecule has 2 aliphatic heterocycles. The van der Waals surface area contributed by atoms with E-state index in [2.05, 4.69) is 44.3 Å². The SMILES string of the molecule is CN=C(NCC(c1cccs1)N1CCCC1)NCC1(SC)CCOCC1.I. The minimum atomic E-state index is 0. The van der Waals surface area contributed by atoms with Gasteiger partial charge in [-0.25, -0.2) is 0 Å². The molecule has 2 aliphatic rings. The van der Waals surface area contributed by atoms with Crippen molar-refractivity contribution in [1.82, 2.24) is 15.5 Å². The summed E-state index contributed by atoms with van der Waals surface area (Å²) >= 11 is 3.81. The van der Waals surface area contributed by atoms with Gasteiger partial charge in [0.1, 0.15) is 0 Å². The van der Waals surface area contributed by atoms with E-state index < -0.39 is 0 Å². The Bertz CT molecular complexity index is 558. The Balaban J connectivity index is 0.00000261. The molecule has 3 rings (SSSR count). The summed E-state index contributed by atoms with van der Waals surface area (Å²) in [7, 11) is 1.86.